The molecule has 4 aromatic rings. The van der Waals surface area contributed by atoms with Gasteiger partial charge in [0.2, 0.25) is 0 Å². The largest absolute Gasteiger partial charge is 0.419 e. The monoisotopic (exact) mass is 657 g/mol. The number of rotatable bonds is 16. The van der Waals surface area contributed by atoms with Crippen molar-refractivity contribution < 1.29 is 22.3 Å². The highest BCUT2D eigenvalue weighted by atomic mass is 19.4. The number of nitrogens with zero attached hydrogens (tertiary/aromatic N) is 3. The predicted octanol–water partition coefficient (Wildman–Crippen LogP) is 6.03. The Morgan fingerprint density at radius 2 is 1.89 bits per heavy atom. The van der Waals surface area contributed by atoms with Crippen LogP contribution in [0.3, 0.4) is 0 Å². The van der Waals surface area contributed by atoms with Gasteiger partial charge in [-0.05, 0) is 87.0 Å². The number of ether oxygens (including phenoxy) is 1. The maximum atomic E-state index is 15.4. The van der Waals surface area contributed by atoms with Gasteiger partial charge in [0.1, 0.15) is 11.5 Å². The van der Waals surface area contributed by atoms with E-state index in [1.807, 2.05) is 24.3 Å². The van der Waals surface area contributed by atoms with Crippen molar-refractivity contribution in [2.75, 3.05) is 26.8 Å². The number of aryl methyl sites for hydroxylation is 1. The van der Waals surface area contributed by atoms with Crippen molar-refractivity contribution in [1.82, 2.24) is 19.9 Å². The lowest BCUT2D eigenvalue weighted by Gasteiger charge is -2.19. The first kappa shape index (κ1) is 35.8. The fraction of sp³-hybridized carbons (Fsp3) is 0.441. The average Bonchev–Trinajstić information content (AvgIpc) is 3.42. The predicted molar refractivity (Wildman–Crippen MR) is 177 cm³/mol. The van der Waals surface area contributed by atoms with E-state index in [2.05, 4.69) is 27.2 Å². The lowest BCUT2D eigenvalue weighted by molar-refractivity contribution is -0.140. The summed E-state index contributed by atoms with van der Waals surface area (Å²) < 4.78 is 63.3. The van der Waals surface area contributed by atoms with Crippen LogP contribution in [-0.2, 0) is 17.3 Å². The molecule has 0 radical (unpaired) electrons. The molecule has 9 nitrogen and oxygen atoms in total. The molecular weight excluding hydrogens is 614 g/mol. The molecule has 0 fully saturated rings. The number of amidine groups is 1. The summed E-state index contributed by atoms with van der Waals surface area (Å²) in [5.74, 6) is -0.834. The molecule has 0 saturated heterocycles. The van der Waals surface area contributed by atoms with E-state index in [0.29, 0.717) is 48.5 Å². The molecule has 0 amide bonds. The van der Waals surface area contributed by atoms with Gasteiger partial charge in [-0.1, -0.05) is 25.5 Å². The van der Waals surface area contributed by atoms with Crippen LogP contribution in [0, 0.1) is 5.82 Å². The number of hydrogen-bond acceptors (Lipinski definition) is 6. The van der Waals surface area contributed by atoms with Crippen LogP contribution in [0.4, 0.5) is 17.6 Å². The van der Waals surface area contributed by atoms with Crippen molar-refractivity contribution in [2.45, 2.75) is 70.6 Å². The Balaban J connectivity index is 1.60. The van der Waals surface area contributed by atoms with Crippen molar-refractivity contribution in [3.63, 3.8) is 0 Å². The number of aliphatic imine (C=N–C) groups is 1. The van der Waals surface area contributed by atoms with Crippen LogP contribution in [0.1, 0.15) is 68.7 Å². The van der Waals surface area contributed by atoms with Crippen molar-refractivity contribution in [1.29, 1.82) is 0 Å². The Morgan fingerprint density at radius 3 is 2.55 bits per heavy atom. The van der Waals surface area contributed by atoms with Gasteiger partial charge in [0.05, 0.1) is 29.4 Å². The second-order valence-corrected chi connectivity index (χ2v) is 11.8. The Bertz CT molecular complexity index is 1710. The minimum atomic E-state index is -4.90. The number of aromatic nitrogens is 3. The number of nitrogens with two attached hydrogens (primary N) is 2. The third-order valence-electron chi connectivity index (χ3n) is 7.89. The molecular formula is C34H43F4N7O2. The number of hydrogen-bond donors (Lipinski definition) is 4. The molecule has 4 rings (SSSR count). The fourth-order valence-corrected chi connectivity index (χ4v) is 5.57. The Morgan fingerprint density at radius 1 is 1.15 bits per heavy atom. The van der Waals surface area contributed by atoms with Gasteiger partial charge in [-0.25, -0.2) is 9.18 Å². The van der Waals surface area contributed by atoms with Crippen LogP contribution >= 0.6 is 0 Å². The van der Waals surface area contributed by atoms with Gasteiger partial charge in [0.15, 0.2) is 0 Å². The van der Waals surface area contributed by atoms with Crippen molar-refractivity contribution in [2.24, 2.45) is 16.5 Å². The molecule has 2 heterocycles. The van der Waals surface area contributed by atoms with Crippen LogP contribution < -0.4 is 22.5 Å². The summed E-state index contributed by atoms with van der Waals surface area (Å²) in [6, 6.07) is 11.1. The van der Waals surface area contributed by atoms with Crippen LogP contribution in [0.15, 0.2) is 58.4 Å². The highest BCUT2D eigenvalue weighted by Crippen LogP contribution is 2.37. The molecule has 2 aromatic carbocycles. The van der Waals surface area contributed by atoms with Crippen LogP contribution in [-0.4, -0.2) is 53.2 Å². The van der Waals surface area contributed by atoms with Gasteiger partial charge in [-0.3, -0.25) is 9.56 Å². The standard InChI is InChI=1S/C34H43F4N7O2/c1-4-7-29(42-15-6-14-41-21(2)39)23-10-12-26(13-11-23)45-19-24-18-30(43-32(24)44-33(45)46)27-16-22(8-5-9-25(40)20-47-3)17-28(31(27)35)34(36,37)38/h10-13,16-19,25,29,42H,4-9,14-15,20,40H2,1-3H3,(H2,39,41)(H,43,44,46). The first-order chi connectivity index (χ1) is 22.4. The van der Waals surface area contributed by atoms with E-state index in [9.17, 15) is 18.0 Å². The number of alkyl halides is 3. The third kappa shape index (κ3) is 9.49. The summed E-state index contributed by atoms with van der Waals surface area (Å²) in [5, 5.41) is 4.00. The Labute approximate surface area is 271 Å². The molecule has 0 spiro atoms. The number of nitrogens with one attached hydrogen (secondary N) is 2. The highest BCUT2D eigenvalue weighted by Gasteiger charge is 2.36. The summed E-state index contributed by atoms with van der Waals surface area (Å²) in [5.41, 5.74) is 11.5. The topological polar surface area (TPSA) is 136 Å². The molecule has 254 valence electrons. The normalized spacial score (nSPS) is 13.7. The Hall–Kier alpha value is -4.07. The summed E-state index contributed by atoms with van der Waals surface area (Å²) in [6.07, 6.45) is 0.701. The van der Waals surface area contributed by atoms with Gasteiger partial charge in [-0.2, -0.15) is 18.2 Å². The summed E-state index contributed by atoms with van der Waals surface area (Å²) >= 11 is 0. The van der Waals surface area contributed by atoms with Crippen molar-refractivity contribution in [3.05, 3.63) is 81.7 Å². The molecule has 0 aliphatic rings. The second-order valence-electron chi connectivity index (χ2n) is 11.8. The zero-order chi connectivity index (χ0) is 34.1. The molecule has 0 aliphatic heterocycles. The van der Waals surface area contributed by atoms with E-state index >= 15 is 4.39 Å². The fourth-order valence-electron chi connectivity index (χ4n) is 5.57. The van der Waals surface area contributed by atoms with Crippen LogP contribution in [0.2, 0.25) is 0 Å². The molecule has 13 heteroatoms. The number of aromatic amines is 1. The average molecular weight is 658 g/mol. The van der Waals surface area contributed by atoms with E-state index in [-0.39, 0.29) is 35.4 Å². The second kappa shape index (κ2) is 16.2. The van der Waals surface area contributed by atoms with E-state index in [0.717, 1.165) is 37.4 Å². The van der Waals surface area contributed by atoms with Crippen LogP contribution in [0.5, 0.6) is 0 Å². The minimum Gasteiger partial charge on any atom is -0.388 e. The first-order valence-corrected chi connectivity index (χ1v) is 15.8. The number of fused-ring (bicyclic) bond motifs is 1. The van der Waals surface area contributed by atoms with E-state index in [1.54, 1.807) is 13.1 Å². The molecule has 0 bridgehead atoms. The van der Waals surface area contributed by atoms with Gasteiger partial charge < -0.3 is 26.5 Å². The molecule has 2 atom stereocenters. The Kier molecular flexibility index (Phi) is 12.3. The lowest BCUT2D eigenvalue weighted by atomic mass is 9.98. The number of benzene rings is 2. The SMILES string of the molecule is CCCC(NCCCN=C(C)N)c1ccc(-n2cc3cc(-c4cc(CCCC(N)COC)cc(C(F)(F)F)c4F)[nH]c3nc2=O)cc1. The summed E-state index contributed by atoms with van der Waals surface area (Å²) in [6.45, 7) is 5.63. The van der Waals surface area contributed by atoms with Gasteiger partial charge >= 0.3 is 11.9 Å². The maximum Gasteiger partial charge on any atom is 0.419 e. The highest BCUT2D eigenvalue weighted by molar-refractivity contribution is 5.83. The van der Waals surface area contributed by atoms with Gasteiger partial charge in [-0.15, -0.1) is 0 Å². The van der Waals surface area contributed by atoms with Gasteiger partial charge in [0, 0.05) is 42.9 Å². The molecule has 2 aromatic heterocycles. The quantitative estimate of drug-likeness (QED) is 0.0503. The smallest absolute Gasteiger partial charge is 0.388 e. The molecule has 0 aliphatic carbocycles. The number of H-pyrrole nitrogens is 1. The minimum absolute atomic E-state index is 0.0849. The van der Waals surface area contributed by atoms with Crippen molar-refractivity contribution >= 4 is 16.9 Å². The zero-order valence-electron chi connectivity index (χ0n) is 27.0. The molecule has 2 unspecified atom stereocenters. The molecule has 47 heavy (non-hydrogen) atoms. The lowest BCUT2D eigenvalue weighted by Crippen LogP contribution is -2.25. The van der Waals surface area contributed by atoms with E-state index < -0.39 is 23.2 Å². The third-order valence-corrected chi connectivity index (χ3v) is 7.89. The molecule has 0 saturated carbocycles. The van der Waals surface area contributed by atoms with E-state index in [4.69, 9.17) is 16.2 Å². The zero-order valence-corrected chi connectivity index (χ0v) is 27.0. The van der Waals surface area contributed by atoms with Crippen molar-refractivity contribution in [3.8, 4) is 16.9 Å². The van der Waals surface area contributed by atoms with Crippen LogP contribution in [0.25, 0.3) is 28.0 Å². The maximum absolute atomic E-state index is 15.4. The number of halogens is 4. The van der Waals surface area contributed by atoms with E-state index in [1.165, 1.54) is 23.8 Å². The van der Waals surface area contributed by atoms with Gasteiger partial charge in [0.25, 0.3) is 0 Å². The summed E-state index contributed by atoms with van der Waals surface area (Å²) in [4.78, 5) is 24.2. The first-order valence-electron chi connectivity index (χ1n) is 15.8. The number of methoxy groups -OCH3 is 1. The molecule has 6 N–H and O–H groups in total. The summed E-state index contributed by atoms with van der Waals surface area (Å²) in [7, 11) is 1.52.